The van der Waals surface area contributed by atoms with Gasteiger partial charge in [-0.15, -0.1) is 0 Å². The lowest BCUT2D eigenvalue weighted by molar-refractivity contribution is 0.625. The zero-order valence-corrected chi connectivity index (χ0v) is 9.45. The average Bonchev–Trinajstić information content (AvgIpc) is 2.63. The van der Waals surface area contributed by atoms with Crippen molar-refractivity contribution < 1.29 is 4.39 Å². The lowest BCUT2D eigenvalue weighted by atomic mass is 10.2. The molecule has 1 unspecified atom stereocenters. The van der Waals surface area contributed by atoms with E-state index in [1.165, 1.54) is 12.1 Å². The SMILES string of the molecule is CC(N)c1cncn1-c1cc(F)cc(Cl)c1. The van der Waals surface area contributed by atoms with Gasteiger partial charge in [0, 0.05) is 11.1 Å². The highest BCUT2D eigenvalue weighted by Gasteiger charge is 2.09. The van der Waals surface area contributed by atoms with E-state index in [-0.39, 0.29) is 11.9 Å². The van der Waals surface area contributed by atoms with Crippen LogP contribution in [0.5, 0.6) is 0 Å². The maximum Gasteiger partial charge on any atom is 0.126 e. The van der Waals surface area contributed by atoms with E-state index in [2.05, 4.69) is 4.98 Å². The molecular formula is C11H11ClFN3. The Kier molecular flexibility index (Phi) is 2.94. The summed E-state index contributed by atoms with van der Waals surface area (Å²) >= 11 is 5.79. The highest BCUT2D eigenvalue weighted by atomic mass is 35.5. The van der Waals surface area contributed by atoms with Crippen LogP contribution in [-0.2, 0) is 0 Å². The normalized spacial score (nSPS) is 12.8. The minimum Gasteiger partial charge on any atom is -0.323 e. The van der Waals surface area contributed by atoms with Gasteiger partial charge in [0.05, 0.1) is 23.9 Å². The number of hydrogen-bond acceptors (Lipinski definition) is 2. The molecule has 0 spiro atoms. The summed E-state index contributed by atoms with van der Waals surface area (Å²) < 4.78 is 14.9. The van der Waals surface area contributed by atoms with Crippen molar-refractivity contribution in [2.75, 3.05) is 0 Å². The predicted octanol–water partition coefficient (Wildman–Crippen LogP) is 2.68. The number of nitrogens with zero attached hydrogens (tertiary/aromatic N) is 2. The molecule has 0 saturated heterocycles. The van der Waals surface area contributed by atoms with Gasteiger partial charge in [0.25, 0.3) is 0 Å². The van der Waals surface area contributed by atoms with Crippen molar-refractivity contribution >= 4 is 11.6 Å². The molecule has 2 aromatic rings. The zero-order chi connectivity index (χ0) is 11.7. The number of rotatable bonds is 2. The first-order chi connectivity index (χ1) is 7.58. The monoisotopic (exact) mass is 239 g/mol. The van der Waals surface area contributed by atoms with Crippen molar-refractivity contribution in [1.29, 1.82) is 0 Å². The van der Waals surface area contributed by atoms with Gasteiger partial charge in [-0.3, -0.25) is 0 Å². The summed E-state index contributed by atoms with van der Waals surface area (Å²) in [5.74, 6) is -0.383. The van der Waals surface area contributed by atoms with Crippen molar-refractivity contribution in [2.24, 2.45) is 5.73 Å². The molecule has 0 bridgehead atoms. The van der Waals surface area contributed by atoms with Gasteiger partial charge in [-0.1, -0.05) is 11.6 Å². The first-order valence-corrected chi connectivity index (χ1v) is 5.20. The number of imidazole rings is 1. The van der Waals surface area contributed by atoms with E-state index >= 15 is 0 Å². The summed E-state index contributed by atoms with van der Waals surface area (Å²) in [7, 11) is 0. The molecule has 0 fully saturated rings. The van der Waals surface area contributed by atoms with Crippen molar-refractivity contribution in [3.05, 3.63) is 47.3 Å². The fraction of sp³-hybridized carbons (Fsp3) is 0.182. The molecule has 16 heavy (non-hydrogen) atoms. The van der Waals surface area contributed by atoms with Crippen LogP contribution in [-0.4, -0.2) is 9.55 Å². The van der Waals surface area contributed by atoms with E-state index in [9.17, 15) is 4.39 Å². The molecule has 0 aliphatic carbocycles. The third kappa shape index (κ3) is 2.08. The Labute approximate surface area is 97.7 Å². The number of hydrogen-bond donors (Lipinski definition) is 1. The lowest BCUT2D eigenvalue weighted by Gasteiger charge is -2.11. The summed E-state index contributed by atoms with van der Waals surface area (Å²) in [6.45, 7) is 1.84. The standard InChI is InChI=1S/C11H11ClFN3/c1-7(14)11-5-15-6-16(11)10-3-8(12)2-9(13)4-10/h2-7H,14H2,1H3. The maximum atomic E-state index is 13.2. The number of aromatic nitrogens is 2. The van der Waals surface area contributed by atoms with E-state index < -0.39 is 0 Å². The van der Waals surface area contributed by atoms with Crippen LogP contribution >= 0.6 is 11.6 Å². The van der Waals surface area contributed by atoms with E-state index in [0.29, 0.717) is 10.7 Å². The van der Waals surface area contributed by atoms with Gasteiger partial charge in [0.2, 0.25) is 0 Å². The Balaban J connectivity index is 2.54. The Morgan fingerprint density at radius 3 is 2.81 bits per heavy atom. The fourth-order valence-corrected chi connectivity index (χ4v) is 1.75. The van der Waals surface area contributed by atoms with Crippen LogP contribution in [0.25, 0.3) is 5.69 Å². The second-order valence-corrected chi connectivity index (χ2v) is 4.04. The predicted molar refractivity (Wildman–Crippen MR) is 61.1 cm³/mol. The molecule has 1 heterocycles. The van der Waals surface area contributed by atoms with Crippen LogP contribution in [0, 0.1) is 5.82 Å². The van der Waals surface area contributed by atoms with Crippen molar-refractivity contribution in [3.8, 4) is 5.69 Å². The van der Waals surface area contributed by atoms with E-state index in [1.807, 2.05) is 6.92 Å². The first kappa shape index (κ1) is 11.1. The molecule has 1 atom stereocenters. The quantitative estimate of drug-likeness (QED) is 0.876. The molecule has 3 nitrogen and oxygen atoms in total. The van der Waals surface area contributed by atoms with Crippen molar-refractivity contribution in [1.82, 2.24) is 9.55 Å². The third-order valence-corrected chi connectivity index (χ3v) is 2.48. The lowest BCUT2D eigenvalue weighted by Crippen LogP contribution is -2.10. The van der Waals surface area contributed by atoms with Crippen LogP contribution in [0.4, 0.5) is 4.39 Å². The van der Waals surface area contributed by atoms with Crippen LogP contribution in [0.3, 0.4) is 0 Å². The highest BCUT2D eigenvalue weighted by Crippen LogP contribution is 2.20. The fourth-order valence-electron chi connectivity index (χ4n) is 1.54. The molecule has 5 heteroatoms. The number of nitrogens with two attached hydrogens (primary N) is 1. The minimum absolute atomic E-state index is 0.176. The van der Waals surface area contributed by atoms with Crippen LogP contribution in [0.2, 0.25) is 5.02 Å². The Morgan fingerprint density at radius 1 is 1.44 bits per heavy atom. The van der Waals surface area contributed by atoms with E-state index in [1.54, 1.807) is 23.2 Å². The zero-order valence-electron chi connectivity index (χ0n) is 8.69. The number of halogens is 2. The van der Waals surface area contributed by atoms with Gasteiger partial charge < -0.3 is 10.3 Å². The largest absolute Gasteiger partial charge is 0.323 e. The van der Waals surface area contributed by atoms with Crippen LogP contribution < -0.4 is 5.73 Å². The summed E-state index contributed by atoms with van der Waals surface area (Å²) in [5.41, 5.74) is 7.21. The van der Waals surface area contributed by atoms with Gasteiger partial charge in [-0.2, -0.15) is 0 Å². The Bertz CT molecular complexity index is 487. The molecule has 0 aliphatic heterocycles. The van der Waals surface area contributed by atoms with Gasteiger partial charge in [0.15, 0.2) is 0 Å². The van der Waals surface area contributed by atoms with Gasteiger partial charge >= 0.3 is 0 Å². The highest BCUT2D eigenvalue weighted by molar-refractivity contribution is 6.30. The summed E-state index contributed by atoms with van der Waals surface area (Å²) in [6.07, 6.45) is 3.24. The summed E-state index contributed by atoms with van der Waals surface area (Å²) in [4.78, 5) is 4.00. The molecule has 1 aromatic carbocycles. The average molecular weight is 240 g/mol. The molecule has 2 N–H and O–H groups in total. The molecule has 84 valence electrons. The Hall–Kier alpha value is -1.39. The van der Waals surface area contributed by atoms with E-state index in [4.69, 9.17) is 17.3 Å². The molecule has 1 aromatic heterocycles. The van der Waals surface area contributed by atoms with Gasteiger partial charge in [-0.05, 0) is 25.1 Å². The molecule has 0 saturated carbocycles. The van der Waals surface area contributed by atoms with Gasteiger partial charge in [0.1, 0.15) is 5.82 Å². The molecule has 0 amide bonds. The topological polar surface area (TPSA) is 43.8 Å². The number of benzene rings is 1. The van der Waals surface area contributed by atoms with Crippen molar-refractivity contribution in [2.45, 2.75) is 13.0 Å². The second-order valence-electron chi connectivity index (χ2n) is 3.60. The third-order valence-electron chi connectivity index (χ3n) is 2.26. The molecule has 0 radical (unpaired) electrons. The maximum absolute atomic E-state index is 13.2. The molecular weight excluding hydrogens is 229 g/mol. The molecule has 2 rings (SSSR count). The van der Waals surface area contributed by atoms with Gasteiger partial charge in [-0.25, -0.2) is 9.37 Å². The second kappa shape index (κ2) is 4.23. The van der Waals surface area contributed by atoms with Crippen molar-refractivity contribution in [3.63, 3.8) is 0 Å². The van der Waals surface area contributed by atoms with Crippen LogP contribution in [0.15, 0.2) is 30.7 Å². The minimum atomic E-state index is -0.383. The Morgan fingerprint density at radius 2 is 2.19 bits per heavy atom. The first-order valence-electron chi connectivity index (χ1n) is 4.82. The van der Waals surface area contributed by atoms with E-state index in [0.717, 1.165) is 5.69 Å². The summed E-state index contributed by atoms with van der Waals surface area (Å²) in [5, 5.41) is 0.347. The molecule has 0 aliphatic rings. The summed E-state index contributed by atoms with van der Waals surface area (Å²) in [6, 6.07) is 4.13. The van der Waals surface area contributed by atoms with Crippen LogP contribution in [0.1, 0.15) is 18.7 Å². The smallest absolute Gasteiger partial charge is 0.126 e.